The minimum atomic E-state index is -0.812. The van der Waals surface area contributed by atoms with Gasteiger partial charge in [-0.2, -0.15) is 0 Å². The van der Waals surface area contributed by atoms with Gasteiger partial charge in [0.25, 0.3) is 0 Å². The summed E-state index contributed by atoms with van der Waals surface area (Å²) < 4.78 is 29.3. The van der Waals surface area contributed by atoms with Gasteiger partial charge in [-0.1, -0.05) is 78.4 Å². The third kappa shape index (κ3) is 2.80. The van der Waals surface area contributed by atoms with Crippen LogP contribution >= 0.6 is 0 Å². The summed E-state index contributed by atoms with van der Waals surface area (Å²) in [6.07, 6.45) is 0. The van der Waals surface area contributed by atoms with Crippen molar-refractivity contribution in [2.75, 3.05) is 0 Å². The zero-order valence-electron chi connectivity index (χ0n) is 13.8. The Balaban J connectivity index is 1.84. The molecule has 0 atom stereocenters. The van der Waals surface area contributed by atoms with Crippen molar-refractivity contribution in [2.24, 2.45) is 0 Å². The van der Waals surface area contributed by atoms with Gasteiger partial charge >= 0.3 is 0 Å². The summed E-state index contributed by atoms with van der Waals surface area (Å²) in [5, 5.41) is 2.10. The SMILES string of the molecule is Cc1ccc2cc(-c3ccc(-c4ccccc4)c(F)c3F)ccc2c1. The van der Waals surface area contributed by atoms with E-state index < -0.39 is 11.6 Å². The van der Waals surface area contributed by atoms with E-state index in [1.54, 1.807) is 24.3 Å². The molecule has 0 N–H and O–H groups in total. The Morgan fingerprint density at radius 3 is 1.88 bits per heavy atom. The molecule has 0 radical (unpaired) electrons. The molecule has 0 aliphatic heterocycles. The molecule has 0 nitrogen and oxygen atoms in total. The van der Waals surface area contributed by atoms with E-state index in [0.29, 0.717) is 11.1 Å². The molecule has 0 aliphatic carbocycles. The van der Waals surface area contributed by atoms with Gasteiger partial charge in [-0.25, -0.2) is 8.78 Å². The van der Waals surface area contributed by atoms with Crippen molar-refractivity contribution < 1.29 is 8.78 Å². The van der Waals surface area contributed by atoms with E-state index in [9.17, 15) is 8.78 Å². The monoisotopic (exact) mass is 330 g/mol. The highest BCUT2D eigenvalue weighted by Gasteiger charge is 2.16. The Morgan fingerprint density at radius 2 is 1.16 bits per heavy atom. The van der Waals surface area contributed by atoms with Crippen LogP contribution in [0.15, 0.2) is 78.9 Å². The molecule has 0 saturated carbocycles. The van der Waals surface area contributed by atoms with E-state index in [2.05, 4.69) is 6.07 Å². The van der Waals surface area contributed by atoms with Gasteiger partial charge in [-0.3, -0.25) is 0 Å². The fourth-order valence-corrected chi connectivity index (χ4v) is 3.15. The number of halogens is 2. The topological polar surface area (TPSA) is 0 Å². The van der Waals surface area contributed by atoms with E-state index in [4.69, 9.17) is 0 Å². The van der Waals surface area contributed by atoms with Crippen LogP contribution in [-0.2, 0) is 0 Å². The predicted molar refractivity (Wildman–Crippen MR) is 99.5 cm³/mol. The standard InChI is InChI=1S/C23H16F2/c1-15-7-8-18-14-19(10-9-17(18)13-15)21-12-11-20(22(24)23(21)25)16-5-3-2-4-6-16/h2-14H,1H3. The Labute approximate surface area is 145 Å². The van der Waals surface area contributed by atoms with E-state index in [-0.39, 0.29) is 11.1 Å². The maximum atomic E-state index is 14.7. The summed E-state index contributed by atoms with van der Waals surface area (Å²) in [5.74, 6) is -1.62. The molecule has 0 fully saturated rings. The molecule has 25 heavy (non-hydrogen) atoms. The van der Waals surface area contributed by atoms with E-state index in [1.807, 2.05) is 55.5 Å². The van der Waals surface area contributed by atoms with Gasteiger partial charge in [0, 0.05) is 11.1 Å². The second kappa shape index (κ2) is 6.14. The molecule has 0 amide bonds. The third-order valence-electron chi connectivity index (χ3n) is 4.47. The number of hydrogen-bond acceptors (Lipinski definition) is 0. The summed E-state index contributed by atoms with van der Waals surface area (Å²) in [5.41, 5.74) is 3.06. The Bertz CT molecular complexity index is 1070. The highest BCUT2D eigenvalue weighted by Crippen LogP contribution is 2.32. The fourth-order valence-electron chi connectivity index (χ4n) is 3.15. The van der Waals surface area contributed by atoms with Crippen molar-refractivity contribution in [2.45, 2.75) is 6.92 Å². The highest BCUT2D eigenvalue weighted by atomic mass is 19.2. The molecule has 0 spiro atoms. The molecule has 0 unspecified atom stereocenters. The summed E-state index contributed by atoms with van der Waals surface area (Å²) in [4.78, 5) is 0. The lowest BCUT2D eigenvalue weighted by Crippen LogP contribution is -1.94. The van der Waals surface area contributed by atoms with Gasteiger partial charge in [0.2, 0.25) is 0 Å². The van der Waals surface area contributed by atoms with Gasteiger partial charge in [0.1, 0.15) is 0 Å². The highest BCUT2D eigenvalue weighted by molar-refractivity contribution is 5.88. The first-order valence-corrected chi connectivity index (χ1v) is 8.18. The second-order valence-corrected chi connectivity index (χ2v) is 6.22. The maximum Gasteiger partial charge on any atom is 0.167 e. The zero-order chi connectivity index (χ0) is 17.4. The van der Waals surface area contributed by atoms with Crippen molar-refractivity contribution in [1.29, 1.82) is 0 Å². The van der Waals surface area contributed by atoms with Crippen molar-refractivity contribution in [3.05, 3.63) is 96.1 Å². The fraction of sp³-hybridized carbons (Fsp3) is 0.0435. The van der Waals surface area contributed by atoms with Gasteiger partial charge in [-0.05, 0) is 34.9 Å². The van der Waals surface area contributed by atoms with Crippen molar-refractivity contribution in [3.63, 3.8) is 0 Å². The smallest absolute Gasteiger partial charge is 0.167 e. The normalized spacial score (nSPS) is 11.0. The molecule has 4 aromatic rings. The van der Waals surface area contributed by atoms with Crippen LogP contribution in [0.5, 0.6) is 0 Å². The van der Waals surface area contributed by atoms with Crippen LogP contribution in [0.25, 0.3) is 33.0 Å². The number of fused-ring (bicyclic) bond motifs is 1. The second-order valence-electron chi connectivity index (χ2n) is 6.22. The lowest BCUT2D eigenvalue weighted by atomic mass is 9.97. The summed E-state index contributed by atoms with van der Waals surface area (Å²) >= 11 is 0. The predicted octanol–water partition coefficient (Wildman–Crippen LogP) is 6.76. The van der Waals surface area contributed by atoms with Gasteiger partial charge < -0.3 is 0 Å². The molecule has 122 valence electrons. The number of benzene rings is 4. The van der Waals surface area contributed by atoms with Crippen molar-refractivity contribution >= 4 is 10.8 Å². The van der Waals surface area contributed by atoms with E-state index in [0.717, 1.165) is 10.8 Å². The largest absolute Gasteiger partial charge is 0.203 e. The molecule has 0 aromatic heterocycles. The first-order valence-electron chi connectivity index (χ1n) is 8.18. The van der Waals surface area contributed by atoms with Crippen LogP contribution in [0, 0.1) is 18.6 Å². The Kier molecular flexibility index (Phi) is 3.81. The third-order valence-corrected chi connectivity index (χ3v) is 4.47. The van der Waals surface area contributed by atoms with Crippen LogP contribution in [-0.4, -0.2) is 0 Å². The molecule has 4 aromatic carbocycles. The van der Waals surface area contributed by atoms with Crippen molar-refractivity contribution in [1.82, 2.24) is 0 Å². The van der Waals surface area contributed by atoms with Crippen LogP contribution in [0.3, 0.4) is 0 Å². The molecule has 0 aliphatic rings. The molecule has 0 saturated heterocycles. The van der Waals surface area contributed by atoms with Crippen LogP contribution in [0.4, 0.5) is 8.78 Å². The average molecular weight is 330 g/mol. The number of rotatable bonds is 2. The van der Waals surface area contributed by atoms with Crippen LogP contribution < -0.4 is 0 Å². The molecule has 4 rings (SSSR count). The first-order chi connectivity index (χ1) is 12.1. The average Bonchev–Trinajstić information content (AvgIpc) is 2.64. The zero-order valence-corrected chi connectivity index (χ0v) is 13.8. The molecule has 0 heterocycles. The lowest BCUT2D eigenvalue weighted by molar-refractivity contribution is 0.514. The minimum absolute atomic E-state index is 0.276. The Morgan fingerprint density at radius 1 is 0.560 bits per heavy atom. The van der Waals surface area contributed by atoms with Gasteiger partial charge in [0.05, 0.1) is 0 Å². The molecular formula is C23H16F2. The van der Waals surface area contributed by atoms with Crippen molar-refractivity contribution in [3.8, 4) is 22.3 Å². The first kappa shape index (κ1) is 15.5. The lowest BCUT2D eigenvalue weighted by Gasteiger charge is -2.10. The number of hydrogen-bond donors (Lipinski definition) is 0. The van der Waals surface area contributed by atoms with Crippen LogP contribution in [0.2, 0.25) is 0 Å². The van der Waals surface area contributed by atoms with Gasteiger partial charge in [-0.15, -0.1) is 0 Å². The molecule has 2 heteroatoms. The van der Waals surface area contributed by atoms with Crippen LogP contribution in [0.1, 0.15) is 5.56 Å². The quantitative estimate of drug-likeness (QED) is 0.381. The summed E-state index contributed by atoms with van der Waals surface area (Å²) in [6, 6.07) is 24.1. The maximum absolute atomic E-state index is 14.7. The summed E-state index contributed by atoms with van der Waals surface area (Å²) in [6.45, 7) is 2.03. The van der Waals surface area contributed by atoms with Gasteiger partial charge in [0.15, 0.2) is 11.6 Å². The van der Waals surface area contributed by atoms with E-state index >= 15 is 0 Å². The Hall–Kier alpha value is -3.00. The minimum Gasteiger partial charge on any atom is -0.203 e. The molecule has 0 bridgehead atoms. The van der Waals surface area contributed by atoms with E-state index in [1.165, 1.54) is 5.56 Å². The molecular weight excluding hydrogens is 314 g/mol. The summed E-state index contributed by atoms with van der Waals surface area (Å²) in [7, 11) is 0. The number of aryl methyl sites for hydroxylation is 1.